The fraction of sp³-hybridized carbons (Fsp3) is 0.333. The molecule has 0 bridgehead atoms. The summed E-state index contributed by atoms with van der Waals surface area (Å²) in [7, 11) is 0. The molecule has 2 aromatic carbocycles. The van der Waals surface area contributed by atoms with Gasteiger partial charge in [0, 0.05) is 13.1 Å². The zero-order valence-electron chi connectivity index (χ0n) is 13.6. The van der Waals surface area contributed by atoms with Crippen LogP contribution in [-0.4, -0.2) is 37.4 Å². The molecule has 7 heteroatoms. The molecular weight excluding hydrogens is 359 g/mol. The fourth-order valence-electron chi connectivity index (χ4n) is 3.33. The lowest BCUT2D eigenvalue weighted by molar-refractivity contribution is 0.0140. The molecule has 2 aliphatic heterocycles. The van der Waals surface area contributed by atoms with Crippen LogP contribution in [-0.2, 0) is 4.74 Å². The smallest absolute Gasteiger partial charge is 0.135 e. The lowest BCUT2D eigenvalue weighted by atomic mass is 10.0. The van der Waals surface area contributed by atoms with Crippen molar-refractivity contribution in [1.82, 2.24) is 4.90 Å². The number of morpholine rings is 1. The first kappa shape index (κ1) is 16.8. The summed E-state index contributed by atoms with van der Waals surface area (Å²) >= 11 is 12.9. The Hall–Kier alpha value is -1.66. The highest BCUT2D eigenvalue weighted by molar-refractivity contribution is 6.39. The number of ether oxygens (including phenoxy) is 1. The third-order valence-electron chi connectivity index (χ3n) is 4.53. The molecule has 0 aliphatic carbocycles. The summed E-state index contributed by atoms with van der Waals surface area (Å²) in [6, 6.07) is 15.6. The number of hydrogen-bond acceptors (Lipinski definition) is 5. The van der Waals surface area contributed by atoms with E-state index in [1.807, 2.05) is 41.4 Å². The van der Waals surface area contributed by atoms with Crippen molar-refractivity contribution in [2.75, 3.05) is 31.3 Å². The van der Waals surface area contributed by atoms with E-state index in [9.17, 15) is 0 Å². The van der Waals surface area contributed by atoms with E-state index in [1.165, 1.54) is 0 Å². The van der Waals surface area contributed by atoms with Crippen LogP contribution in [0.4, 0.5) is 5.69 Å². The first-order valence-electron chi connectivity index (χ1n) is 8.26. The minimum absolute atomic E-state index is 0.0799. The molecule has 0 radical (unpaired) electrons. The Morgan fingerprint density at radius 1 is 0.920 bits per heavy atom. The Morgan fingerprint density at radius 3 is 2.28 bits per heavy atom. The van der Waals surface area contributed by atoms with Crippen LogP contribution in [0.25, 0.3) is 0 Å². The van der Waals surface area contributed by atoms with Gasteiger partial charge in [0.05, 0.1) is 23.3 Å². The summed E-state index contributed by atoms with van der Waals surface area (Å²) in [4.78, 5) is 2.33. The second kappa shape index (κ2) is 7.30. The molecule has 1 saturated heterocycles. The number of anilines is 1. The monoisotopic (exact) mass is 376 g/mol. The summed E-state index contributed by atoms with van der Waals surface area (Å²) in [5, 5.41) is 12.0. The Morgan fingerprint density at radius 2 is 1.60 bits per heavy atom. The Balaban J connectivity index is 1.74. The van der Waals surface area contributed by atoms with E-state index in [0.29, 0.717) is 28.9 Å². The summed E-state index contributed by atoms with van der Waals surface area (Å²) in [6.07, 6.45) is -0.0799. The summed E-state index contributed by atoms with van der Waals surface area (Å²) in [5.41, 5.74) is 1.82. The lowest BCUT2D eigenvalue weighted by Crippen LogP contribution is -2.51. The van der Waals surface area contributed by atoms with Crippen LogP contribution in [0.2, 0.25) is 10.0 Å². The second-order valence-corrected chi connectivity index (χ2v) is 6.85. The first-order chi connectivity index (χ1) is 12.3. The van der Waals surface area contributed by atoms with E-state index >= 15 is 0 Å². The average Bonchev–Trinajstić information content (AvgIpc) is 3.08. The number of hydrogen-bond donors (Lipinski definition) is 0. The van der Waals surface area contributed by atoms with Crippen molar-refractivity contribution in [1.29, 1.82) is 0 Å². The molecule has 0 aromatic heterocycles. The van der Waals surface area contributed by atoms with Crippen molar-refractivity contribution in [3.8, 4) is 0 Å². The topological polar surface area (TPSA) is 40.4 Å². The van der Waals surface area contributed by atoms with Gasteiger partial charge in [-0.3, -0.25) is 4.90 Å². The van der Waals surface area contributed by atoms with Crippen molar-refractivity contribution < 1.29 is 4.74 Å². The van der Waals surface area contributed by atoms with Crippen molar-refractivity contribution in [3.63, 3.8) is 0 Å². The number of para-hydroxylation sites is 1. The molecule has 0 amide bonds. The van der Waals surface area contributed by atoms with Gasteiger partial charge < -0.3 is 4.74 Å². The van der Waals surface area contributed by atoms with E-state index < -0.39 is 0 Å². The predicted octanol–water partition coefficient (Wildman–Crippen LogP) is 4.58. The number of halogens is 2. The van der Waals surface area contributed by atoms with Gasteiger partial charge in [-0.1, -0.05) is 64.8 Å². The van der Waals surface area contributed by atoms with Crippen molar-refractivity contribution in [2.24, 2.45) is 10.3 Å². The van der Waals surface area contributed by atoms with Crippen molar-refractivity contribution >= 4 is 28.9 Å². The zero-order valence-corrected chi connectivity index (χ0v) is 15.1. The second-order valence-electron chi connectivity index (χ2n) is 6.04. The van der Waals surface area contributed by atoms with E-state index in [-0.39, 0.29) is 12.2 Å². The fourth-order valence-corrected chi connectivity index (χ4v) is 3.90. The molecule has 2 aromatic rings. The van der Waals surface area contributed by atoms with Gasteiger partial charge in [0.1, 0.15) is 17.9 Å². The molecule has 0 saturated carbocycles. The lowest BCUT2D eigenvalue weighted by Gasteiger charge is -2.38. The Bertz CT molecular complexity index is 745. The van der Waals surface area contributed by atoms with Gasteiger partial charge in [0.2, 0.25) is 0 Å². The minimum atomic E-state index is -0.105. The van der Waals surface area contributed by atoms with Crippen molar-refractivity contribution in [2.45, 2.75) is 12.2 Å². The molecule has 130 valence electrons. The molecule has 0 spiro atoms. The molecule has 2 unspecified atom stereocenters. The molecule has 2 atom stereocenters. The standard InChI is InChI=1S/C18H18Cl2N4O/c19-14-7-4-8-15(20)17(14)24-18(23-9-11-25-12-10-23)16(21-22-24)13-5-2-1-3-6-13/h1-8,16,18H,9-12H2. The van der Waals surface area contributed by atoms with Gasteiger partial charge in [0.25, 0.3) is 0 Å². The minimum Gasteiger partial charge on any atom is -0.379 e. The maximum atomic E-state index is 6.44. The van der Waals surface area contributed by atoms with Gasteiger partial charge in [-0.2, -0.15) is 5.11 Å². The molecule has 1 fully saturated rings. The molecular formula is C18H18Cl2N4O. The van der Waals surface area contributed by atoms with Crippen LogP contribution >= 0.6 is 23.2 Å². The van der Waals surface area contributed by atoms with Crippen LogP contribution in [0.15, 0.2) is 58.9 Å². The Kier molecular flexibility index (Phi) is 4.90. The molecule has 2 aliphatic rings. The third-order valence-corrected chi connectivity index (χ3v) is 5.14. The first-order valence-corrected chi connectivity index (χ1v) is 9.02. The molecule has 4 rings (SSSR count). The van der Waals surface area contributed by atoms with Crippen LogP contribution < -0.4 is 5.01 Å². The maximum absolute atomic E-state index is 6.44. The van der Waals surface area contributed by atoms with E-state index in [0.717, 1.165) is 18.7 Å². The molecule has 2 heterocycles. The van der Waals surface area contributed by atoms with Gasteiger partial charge in [-0.25, -0.2) is 5.01 Å². The van der Waals surface area contributed by atoms with E-state index in [4.69, 9.17) is 27.9 Å². The quantitative estimate of drug-likeness (QED) is 0.786. The van der Waals surface area contributed by atoms with Gasteiger partial charge in [-0.15, -0.1) is 0 Å². The third kappa shape index (κ3) is 3.25. The SMILES string of the molecule is Clc1cccc(Cl)c1N1N=NC(c2ccccc2)C1N1CCOCC1. The maximum Gasteiger partial charge on any atom is 0.135 e. The van der Waals surface area contributed by atoms with Gasteiger partial charge in [0.15, 0.2) is 0 Å². The predicted molar refractivity (Wildman–Crippen MR) is 99.2 cm³/mol. The Labute approximate surface area is 156 Å². The van der Waals surface area contributed by atoms with Crippen LogP contribution in [0.1, 0.15) is 11.6 Å². The van der Waals surface area contributed by atoms with Crippen molar-refractivity contribution in [3.05, 3.63) is 64.1 Å². The zero-order chi connectivity index (χ0) is 17.2. The number of rotatable bonds is 3. The van der Waals surface area contributed by atoms with Gasteiger partial charge in [-0.05, 0) is 17.7 Å². The summed E-state index contributed by atoms with van der Waals surface area (Å²) in [6.45, 7) is 3.03. The van der Waals surface area contributed by atoms with Crippen LogP contribution in [0, 0.1) is 0 Å². The average molecular weight is 377 g/mol. The molecule has 25 heavy (non-hydrogen) atoms. The van der Waals surface area contributed by atoms with Crippen LogP contribution in [0.5, 0.6) is 0 Å². The van der Waals surface area contributed by atoms with Crippen LogP contribution in [0.3, 0.4) is 0 Å². The largest absolute Gasteiger partial charge is 0.379 e. The van der Waals surface area contributed by atoms with E-state index in [2.05, 4.69) is 27.4 Å². The number of nitrogens with zero attached hydrogens (tertiary/aromatic N) is 4. The van der Waals surface area contributed by atoms with Gasteiger partial charge >= 0.3 is 0 Å². The normalized spacial score (nSPS) is 24.0. The highest BCUT2D eigenvalue weighted by atomic mass is 35.5. The van der Waals surface area contributed by atoms with E-state index in [1.54, 1.807) is 0 Å². The highest BCUT2D eigenvalue weighted by Gasteiger charge is 2.41. The molecule has 0 N–H and O–H groups in total. The molecule has 5 nitrogen and oxygen atoms in total. The highest BCUT2D eigenvalue weighted by Crippen LogP contribution is 2.42. The summed E-state index contributed by atoms with van der Waals surface area (Å²) in [5.74, 6) is 0. The number of benzene rings is 2. The summed E-state index contributed by atoms with van der Waals surface area (Å²) < 4.78 is 5.52.